The summed E-state index contributed by atoms with van der Waals surface area (Å²) in [5.74, 6) is 0.742. The molecule has 23 heavy (non-hydrogen) atoms. The number of benzene rings is 2. The van der Waals surface area contributed by atoms with Crippen molar-refractivity contribution in [3.8, 4) is 5.75 Å². The van der Waals surface area contributed by atoms with Crippen LogP contribution in [0.5, 0.6) is 5.75 Å². The third-order valence-corrected chi connectivity index (χ3v) is 3.50. The highest BCUT2D eigenvalue weighted by atomic mass is 16.5. The summed E-state index contributed by atoms with van der Waals surface area (Å²) in [6.07, 6.45) is 2.45. The molecule has 1 heterocycles. The number of hydrogen-bond acceptors (Lipinski definition) is 3. The van der Waals surface area contributed by atoms with Gasteiger partial charge in [-0.05, 0) is 30.7 Å². The van der Waals surface area contributed by atoms with Crippen molar-refractivity contribution >= 4 is 16.8 Å². The maximum Gasteiger partial charge on any atom is 0.253 e. The van der Waals surface area contributed by atoms with Crippen LogP contribution in [-0.4, -0.2) is 24.0 Å². The predicted octanol–water partition coefficient (Wildman–Crippen LogP) is 3.43. The number of para-hydroxylation sites is 2. The van der Waals surface area contributed by atoms with Gasteiger partial charge in [-0.2, -0.15) is 0 Å². The first kappa shape index (κ1) is 15.0. The average Bonchev–Trinajstić information content (AvgIpc) is 2.61. The van der Waals surface area contributed by atoms with E-state index in [1.807, 2.05) is 54.6 Å². The first-order valence-electron chi connectivity index (χ1n) is 7.64. The highest BCUT2D eigenvalue weighted by Gasteiger charge is 2.09. The summed E-state index contributed by atoms with van der Waals surface area (Å²) in [4.78, 5) is 16.6. The minimum absolute atomic E-state index is 0.103. The van der Waals surface area contributed by atoms with E-state index in [1.54, 1.807) is 12.3 Å². The number of amides is 1. The molecule has 0 saturated heterocycles. The Kier molecular flexibility index (Phi) is 4.84. The monoisotopic (exact) mass is 306 g/mol. The van der Waals surface area contributed by atoms with Gasteiger partial charge in [0.25, 0.3) is 5.91 Å². The first-order chi connectivity index (χ1) is 11.3. The first-order valence-corrected chi connectivity index (χ1v) is 7.64. The lowest BCUT2D eigenvalue weighted by Gasteiger charge is -2.08. The van der Waals surface area contributed by atoms with E-state index in [9.17, 15) is 4.79 Å². The van der Waals surface area contributed by atoms with Crippen molar-refractivity contribution in [3.05, 3.63) is 72.4 Å². The number of rotatable bonds is 6. The predicted molar refractivity (Wildman–Crippen MR) is 90.6 cm³/mol. The molecule has 1 N–H and O–H groups in total. The number of fused-ring (bicyclic) bond motifs is 1. The molecule has 0 atom stereocenters. The second kappa shape index (κ2) is 7.40. The summed E-state index contributed by atoms with van der Waals surface area (Å²) in [7, 11) is 0. The Morgan fingerprint density at radius 1 is 1.00 bits per heavy atom. The number of aromatic nitrogens is 1. The second-order valence-electron chi connectivity index (χ2n) is 5.15. The van der Waals surface area contributed by atoms with Gasteiger partial charge in [-0.25, -0.2) is 0 Å². The summed E-state index contributed by atoms with van der Waals surface area (Å²) >= 11 is 0. The zero-order valence-electron chi connectivity index (χ0n) is 12.7. The maximum absolute atomic E-state index is 12.3. The molecule has 3 rings (SSSR count). The molecule has 0 aliphatic heterocycles. The van der Waals surface area contributed by atoms with Crippen molar-refractivity contribution in [2.75, 3.05) is 13.2 Å². The molecular formula is C19H18N2O2. The van der Waals surface area contributed by atoms with Crippen molar-refractivity contribution in [2.24, 2.45) is 0 Å². The Hall–Kier alpha value is -2.88. The quantitative estimate of drug-likeness (QED) is 0.710. The topological polar surface area (TPSA) is 51.2 Å². The number of ether oxygens (including phenoxy) is 1. The molecule has 1 aromatic heterocycles. The van der Waals surface area contributed by atoms with Gasteiger partial charge >= 0.3 is 0 Å². The van der Waals surface area contributed by atoms with Gasteiger partial charge in [0.1, 0.15) is 5.75 Å². The number of nitrogens with zero attached hydrogens (tertiary/aromatic N) is 1. The molecule has 2 aromatic carbocycles. The average molecular weight is 306 g/mol. The second-order valence-corrected chi connectivity index (χ2v) is 5.15. The Morgan fingerprint density at radius 3 is 2.70 bits per heavy atom. The van der Waals surface area contributed by atoms with Crippen LogP contribution < -0.4 is 10.1 Å². The van der Waals surface area contributed by atoms with Gasteiger partial charge in [0, 0.05) is 18.1 Å². The van der Waals surface area contributed by atoms with E-state index >= 15 is 0 Å². The van der Waals surface area contributed by atoms with E-state index in [-0.39, 0.29) is 5.91 Å². The largest absolute Gasteiger partial charge is 0.494 e. The molecule has 0 unspecified atom stereocenters. The summed E-state index contributed by atoms with van der Waals surface area (Å²) in [6.45, 7) is 1.13. The highest BCUT2D eigenvalue weighted by molar-refractivity contribution is 6.05. The molecular weight excluding hydrogens is 288 g/mol. The van der Waals surface area contributed by atoms with Crippen LogP contribution in [-0.2, 0) is 0 Å². The molecule has 0 radical (unpaired) electrons. The molecule has 0 aliphatic carbocycles. The Morgan fingerprint density at radius 2 is 1.83 bits per heavy atom. The molecule has 0 fully saturated rings. The summed E-state index contributed by atoms with van der Waals surface area (Å²) in [5.41, 5.74) is 1.33. The van der Waals surface area contributed by atoms with Crippen molar-refractivity contribution in [2.45, 2.75) is 6.42 Å². The van der Waals surface area contributed by atoms with Crippen LogP contribution in [0.25, 0.3) is 10.9 Å². The van der Waals surface area contributed by atoms with E-state index in [0.29, 0.717) is 18.7 Å². The normalized spacial score (nSPS) is 10.4. The third kappa shape index (κ3) is 3.86. The zero-order chi connectivity index (χ0) is 15.9. The van der Waals surface area contributed by atoms with Crippen molar-refractivity contribution in [1.29, 1.82) is 0 Å². The number of hydrogen-bond donors (Lipinski definition) is 1. The minimum atomic E-state index is -0.103. The van der Waals surface area contributed by atoms with Crippen LogP contribution in [0.3, 0.4) is 0 Å². The Balaban J connectivity index is 1.51. The number of pyridine rings is 1. The fourth-order valence-corrected chi connectivity index (χ4v) is 2.36. The van der Waals surface area contributed by atoms with Gasteiger partial charge < -0.3 is 10.1 Å². The fourth-order valence-electron chi connectivity index (χ4n) is 2.36. The molecule has 3 aromatic rings. The number of carbonyl (C=O) groups is 1. The lowest BCUT2D eigenvalue weighted by Crippen LogP contribution is -2.25. The Labute approximate surface area is 135 Å². The summed E-state index contributed by atoms with van der Waals surface area (Å²) in [6, 6.07) is 19.1. The molecule has 0 aliphatic rings. The lowest BCUT2D eigenvalue weighted by molar-refractivity contribution is 0.0953. The highest BCUT2D eigenvalue weighted by Crippen LogP contribution is 2.15. The minimum Gasteiger partial charge on any atom is -0.494 e. The van der Waals surface area contributed by atoms with Gasteiger partial charge in [-0.15, -0.1) is 0 Å². The molecule has 0 saturated carbocycles. The number of nitrogens with one attached hydrogen (secondary N) is 1. The van der Waals surface area contributed by atoms with Crippen LogP contribution in [0.1, 0.15) is 16.8 Å². The molecule has 0 bridgehead atoms. The number of carbonyl (C=O) groups excluding carboxylic acids is 1. The van der Waals surface area contributed by atoms with Crippen LogP contribution >= 0.6 is 0 Å². The fraction of sp³-hybridized carbons (Fsp3) is 0.158. The zero-order valence-corrected chi connectivity index (χ0v) is 12.7. The van der Waals surface area contributed by atoms with Crippen molar-refractivity contribution in [3.63, 3.8) is 0 Å². The van der Waals surface area contributed by atoms with Crippen LogP contribution in [0.15, 0.2) is 66.9 Å². The van der Waals surface area contributed by atoms with Gasteiger partial charge in [0.05, 0.1) is 17.7 Å². The van der Waals surface area contributed by atoms with E-state index in [0.717, 1.165) is 23.1 Å². The van der Waals surface area contributed by atoms with Crippen LogP contribution in [0.4, 0.5) is 0 Å². The van der Waals surface area contributed by atoms with E-state index < -0.39 is 0 Å². The van der Waals surface area contributed by atoms with Crippen LogP contribution in [0.2, 0.25) is 0 Å². The van der Waals surface area contributed by atoms with Crippen molar-refractivity contribution in [1.82, 2.24) is 10.3 Å². The Bertz CT molecular complexity index is 782. The van der Waals surface area contributed by atoms with E-state index in [2.05, 4.69) is 10.3 Å². The molecule has 4 nitrogen and oxygen atoms in total. The SMILES string of the molecule is O=C(NCCCOc1ccccc1)c1cccc2cccnc12. The molecule has 1 amide bonds. The third-order valence-electron chi connectivity index (χ3n) is 3.50. The van der Waals surface area contributed by atoms with Gasteiger partial charge in [0.2, 0.25) is 0 Å². The molecule has 4 heteroatoms. The van der Waals surface area contributed by atoms with Gasteiger partial charge in [-0.3, -0.25) is 9.78 Å². The lowest BCUT2D eigenvalue weighted by atomic mass is 10.1. The van der Waals surface area contributed by atoms with E-state index in [4.69, 9.17) is 4.74 Å². The smallest absolute Gasteiger partial charge is 0.253 e. The molecule has 116 valence electrons. The maximum atomic E-state index is 12.3. The van der Waals surface area contributed by atoms with E-state index in [1.165, 1.54) is 0 Å². The van der Waals surface area contributed by atoms with Crippen LogP contribution in [0, 0.1) is 0 Å². The summed E-state index contributed by atoms with van der Waals surface area (Å²) in [5, 5.41) is 3.88. The summed E-state index contributed by atoms with van der Waals surface area (Å²) < 4.78 is 5.60. The van der Waals surface area contributed by atoms with Gasteiger partial charge in [-0.1, -0.05) is 36.4 Å². The standard InChI is InChI=1S/C19H18N2O2/c22-19(17-11-4-7-15-8-5-12-20-18(15)17)21-13-6-14-23-16-9-2-1-3-10-16/h1-5,7-12H,6,13-14H2,(H,21,22). The van der Waals surface area contributed by atoms with Gasteiger partial charge in [0.15, 0.2) is 0 Å². The molecule has 0 spiro atoms. The van der Waals surface area contributed by atoms with Crippen molar-refractivity contribution < 1.29 is 9.53 Å².